The van der Waals surface area contributed by atoms with Crippen LogP contribution in [-0.4, -0.2) is 36.9 Å². The molecule has 0 aliphatic rings. The molecule has 12 heteroatoms. The molecule has 0 bridgehead atoms. The van der Waals surface area contributed by atoms with E-state index in [9.17, 15) is 27.7 Å². The van der Waals surface area contributed by atoms with Gasteiger partial charge in [-0.1, -0.05) is 30.3 Å². The number of nitrogens with zero attached hydrogens (tertiary/aromatic N) is 5. The van der Waals surface area contributed by atoms with Crippen molar-refractivity contribution in [2.45, 2.75) is 19.4 Å². The number of hydrogen-bond donors (Lipinski definition) is 0. The molecular weight excluding hydrogens is 438 g/mol. The molecule has 3 aromatic rings. The lowest BCUT2D eigenvalue weighted by atomic mass is 10.1. The molecule has 0 atom stereocenters. The molecular formula is C19H17F4N5O2S. The third-order valence-corrected chi connectivity index (χ3v) is 4.96. The van der Waals surface area contributed by atoms with E-state index in [1.54, 1.807) is 6.07 Å². The van der Waals surface area contributed by atoms with Crippen molar-refractivity contribution in [2.75, 3.05) is 6.54 Å². The number of hydrogen-bond acceptors (Lipinski definition) is 5. The summed E-state index contributed by atoms with van der Waals surface area (Å²) < 4.78 is 56.3. The second-order valence-electron chi connectivity index (χ2n) is 6.77. The highest BCUT2D eigenvalue weighted by Crippen LogP contribution is 2.25. The lowest BCUT2D eigenvalue weighted by Crippen LogP contribution is -2.35. The van der Waals surface area contributed by atoms with Crippen LogP contribution in [0.2, 0.25) is 0 Å². The van der Waals surface area contributed by atoms with Gasteiger partial charge in [0, 0.05) is 25.2 Å². The second kappa shape index (κ2) is 8.94. The highest BCUT2D eigenvalue weighted by atomic mass is 32.1. The summed E-state index contributed by atoms with van der Waals surface area (Å²) in [6.45, 7) is -2.09. The van der Waals surface area contributed by atoms with E-state index in [1.807, 2.05) is 0 Å². The van der Waals surface area contributed by atoms with Gasteiger partial charge in [-0.2, -0.15) is 18.3 Å². The van der Waals surface area contributed by atoms with Crippen molar-refractivity contribution in [1.29, 1.82) is 0 Å². The average Bonchev–Trinajstić information content (AvgIpc) is 2.95. The van der Waals surface area contributed by atoms with Crippen LogP contribution >= 0.6 is 12.2 Å². The Bertz CT molecular complexity index is 1160. The molecule has 1 heterocycles. The van der Waals surface area contributed by atoms with Gasteiger partial charge in [-0.25, -0.2) is 9.07 Å². The Morgan fingerprint density at radius 3 is 2.45 bits per heavy atom. The van der Waals surface area contributed by atoms with Crippen LogP contribution in [-0.2, 0) is 20.3 Å². The quantitative estimate of drug-likeness (QED) is 0.224. The van der Waals surface area contributed by atoms with Crippen LogP contribution in [0.4, 0.5) is 23.2 Å². The van der Waals surface area contributed by atoms with Crippen molar-refractivity contribution in [3.8, 4) is 11.4 Å². The zero-order valence-electron chi connectivity index (χ0n) is 16.2. The summed E-state index contributed by atoms with van der Waals surface area (Å²) in [6.07, 6.45) is -4.56. The monoisotopic (exact) mass is 455 g/mol. The summed E-state index contributed by atoms with van der Waals surface area (Å²) in [5, 5.41) is 15.4. The molecule has 0 radical (unpaired) electrons. The third kappa shape index (κ3) is 5.33. The van der Waals surface area contributed by atoms with Crippen molar-refractivity contribution in [3.05, 3.63) is 74.8 Å². The van der Waals surface area contributed by atoms with Gasteiger partial charge >= 0.3 is 6.18 Å². The fourth-order valence-electron chi connectivity index (χ4n) is 3.12. The first-order valence-corrected chi connectivity index (χ1v) is 9.38. The number of rotatable bonds is 7. The fourth-order valence-corrected chi connectivity index (χ4v) is 3.30. The van der Waals surface area contributed by atoms with Gasteiger partial charge in [-0.3, -0.25) is 15.0 Å². The number of nitro groups is 1. The lowest BCUT2D eigenvalue weighted by Gasteiger charge is -2.23. The first kappa shape index (κ1) is 22.6. The molecule has 164 valence electrons. The molecule has 0 unspecified atom stereocenters. The summed E-state index contributed by atoms with van der Waals surface area (Å²) in [4.78, 5) is 11.5. The van der Waals surface area contributed by atoms with E-state index in [2.05, 4.69) is 5.10 Å². The van der Waals surface area contributed by atoms with Crippen LogP contribution in [0.1, 0.15) is 5.56 Å². The number of alkyl halides is 3. The van der Waals surface area contributed by atoms with Crippen LogP contribution in [0.5, 0.6) is 0 Å². The van der Waals surface area contributed by atoms with Gasteiger partial charge in [-0.05, 0) is 24.4 Å². The summed E-state index contributed by atoms with van der Waals surface area (Å²) in [7, 11) is 1.53. The Morgan fingerprint density at radius 2 is 1.81 bits per heavy atom. The van der Waals surface area contributed by atoms with Gasteiger partial charge in [0.05, 0.1) is 23.7 Å². The highest BCUT2D eigenvalue weighted by molar-refractivity contribution is 7.71. The van der Waals surface area contributed by atoms with Gasteiger partial charge in [-0.15, -0.1) is 0 Å². The van der Waals surface area contributed by atoms with Crippen LogP contribution in [0.15, 0.2) is 48.5 Å². The smallest absolute Gasteiger partial charge is 0.303 e. The molecule has 0 saturated heterocycles. The molecule has 31 heavy (non-hydrogen) atoms. The van der Waals surface area contributed by atoms with Crippen LogP contribution in [0, 0.1) is 20.7 Å². The van der Waals surface area contributed by atoms with Crippen molar-refractivity contribution < 1.29 is 22.5 Å². The van der Waals surface area contributed by atoms with Gasteiger partial charge in [0.2, 0.25) is 0 Å². The van der Waals surface area contributed by atoms with Crippen molar-refractivity contribution >= 4 is 17.9 Å². The molecule has 0 aliphatic heterocycles. The molecule has 0 fully saturated rings. The largest absolute Gasteiger partial charge is 0.401 e. The van der Waals surface area contributed by atoms with E-state index in [4.69, 9.17) is 12.2 Å². The molecule has 3 rings (SSSR count). The minimum atomic E-state index is -4.56. The van der Waals surface area contributed by atoms with E-state index in [0.29, 0.717) is 0 Å². The lowest BCUT2D eigenvalue weighted by molar-refractivity contribution is -0.385. The van der Waals surface area contributed by atoms with Gasteiger partial charge in [0.1, 0.15) is 5.82 Å². The highest BCUT2D eigenvalue weighted by Gasteiger charge is 2.32. The Balaban J connectivity index is 1.96. The van der Waals surface area contributed by atoms with Crippen LogP contribution in [0.25, 0.3) is 11.4 Å². The van der Waals surface area contributed by atoms with E-state index in [-0.39, 0.29) is 34.0 Å². The van der Waals surface area contributed by atoms with E-state index >= 15 is 0 Å². The summed E-state index contributed by atoms with van der Waals surface area (Å²) in [6, 6.07) is 11.4. The van der Waals surface area contributed by atoms with Crippen molar-refractivity contribution in [3.63, 3.8) is 0 Å². The summed E-state index contributed by atoms with van der Waals surface area (Å²) in [5.74, 6) is -0.398. The fraction of sp³-hybridized carbons (Fsp3) is 0.263. The van der Waals surface area contributed by atoms with Crippen molar-refractivity contribution in [2.24, 2.45) is 7.05 Å². The molecule has 0 saturated carbocycles. The first-order chi connectivity index (χ1) is 14.6. The summed E-state index contributed by atoms with van der Waals surface area (Å²) >= 11 is 5.27. The van der Waals surface area contributed by atoms with Gasteiger partial charge in [0.15, 0.2) is 10.6 Å². The van der Waals surface area contributed by atoms with E-state index < -0.39 is 30.1 Å². The standard InChI is InChI=1S/C19H17F4N5O2S/c1-25-17(14-7-3-4-8-15(14)20)24-27(18(25)31)12-26(11-19(21,22)23)10-13-6-2-5-9-16(13)28(29)30/h2-9H,10-12H2,1H3. The molecule has 0 amide bonds. The first-order valence-electron chi connectivity index (χ1n) is 8.97. The maximum absolute atomic E-state index is 14.2. The number of halogens is 4. The predicted octanol–water partition coefficient (Wildman–Crippen LogP) is 4.69. The minimum Gasteiger partial charge on any atom is -0.303 e. The molecule has 0 spiro atoms. The number of benzene rings is 2. The van der Waals surface area contributed by atoms with Crippen LogP contribution in [0.3, 0.4) is 0 Å². The average molecular weight is 455 g/mol. The van der Waals surface area contributed by atoms with Crippen LogP contribution < -0.4 is 0 Å². The SMILES string of the molecule is Cn1c(-c2ccccc2F)nn(CN(Cc2ccccc2[N+](=O)[O-])CC(F)(F)F)c1=S. The maximum atomic E-state index is 14.2. The summed E-state index contributed by atoms with van der Waals surface area (Å²) in [5.41, 5.74) is -0.0178. The topological polar surface area (TPSA) is 69.1 Å². The zero-order valence-corrected chi connectivity index (χ0v) is 17.0. The Kier molecular flexibility index (Phi) is 6.51. The van der Waals surface area contributed by atoms with E-state index in [0.717, 1.165) is 9.58 Å². The second-order valence-corrected chi connectivity index (χ2v) is 7.14. The molecule has 0 aliphatic carbocycles. The number of nitro benzene ring substituents is 1. The molecule has 7 nitrogen and oxygen atoms in total. The molecule has 1 aromatic heterocycles. The Labute approximate surface area is 179 Å². The minimum absolute atomic E-state index is 0.0768. The molecule has 2 aromatic carbocycles. The molecule has 0 N–H and O–H groups in total. The Hall–Kier alpha value is -3.12. The van der Waals surface area contributed by atoms with E-state index in [1.165, 1.54) is 54.1 Å². The number of para-hydroxylation sites is 1. The van der Waals surface area contributed by atoms with Gasteiger partial charge in [0.25, 0.3) is 5.69 Å². The normalized spacial score (nSPS) is 11.8. The number of aromatic nitrogens is 3. The third-order valence-electron chi connectivity index (χ3n) is 4.47. The Morgan fingerprint density at radius 1 is 1.16 bits per heavy atom. The zero-order chi connectivity index (χ0) is 22.8. The van der Waals surface area contributed by atoms with Gasteiger partial charge < -0.3 is 4.57 Å². The maximum Gasteiger partial charge on any atom is 0.401 e. The van der Waals surface area contributed by atoms with Crippen molar-refractivity contribution in [1.82, 2.24) is 19.2 Å². The predicted molar refractivity (Wildman–Crippen MR) is 107 cm³/mol.